The topological polar surface area (TPSA) is 54.0 Å². The monoisotopic (exact) mass is 291 g/mol. The Morgan fingerprint density at radius 3 is 1.84 bits per heavy atom. The average molecular weight is 291 g/mol. The van der Waals surface area contributed by atoms with E-state index >= 15 is 0 Å². The number of carbonyl (C=O) groups is 1. The van der Waals surface area contributed by atoms with Crippen molar-refractivity contribution in [1.29, 1.82) is 0 Å². The smallest absolute Gasteiger partial charge is 0.462 e. The van der Waals surface area contributed by atoms with Gasteiger partial charge in [-0.3, -0.25) is 0 Å². The normalized spacial score (nSPS) is 10.4. The Labute approximate surface area is 118 Å². The van der Waals surface area contributed by atoms with Crippen LogP contribution in [0.1, 0.15) is 26.7 Å². The molecule has 5 nitrogen and oxygen atoms in total. The van der Waals surface area contributed by atoms with Crippen molar-refractivity contribution in [1.82, 2.24) is 0 Å². The van der Waals surface area contributed by atoms with Gasteiger partial charge in [-0.2, -0.15) is 0 Å². The van der Waals surface area contributed by atoms with E-state index in [2.05, 4.69) is 13.5 Å². The van der Waals surface area contributed by atoms with Gasteiger partial charge in [0, 0.05) is 32.9 Å². The third-order valence-corrected chi connectivity index (χ3v) is 5.07. The molecule has 0 spiro atoms. The van der Waals surface area contributed by atoms with E-state index in [0.29, 0.717) is 12.2 Å². The Balaban J connectivity index is 0. The molecule has 1 radical (unpaired) electrons. The van der Waals surface area contributed by atoms with Crippen LogP contribution in [-0.4, -0.2) is 42.7 Å². The second-order valence-corrected chi connectivity index (χ2v) is 7.07. The van der Waals surface area contributed by atoms with Gasteiger partial charge in [-0.25, -0.2) is 4.79 Å². The molecule has 19 heavy (non-hydrogen) atoms. The lowest BCUT2D eigenvalue weighted by Gasteiger charge is -2.22. The molecule has 0 fully saturated rings. The molecule has 0 saturated heterocycles. The van der Waals surface area contributed by atoms with Crippen molar-refractivity contribution in [3.63, 3.8) is 0 Å². The van der Waals surface area contributed by atoms with Crippen molar-refractivity contribution in [2.75, 3.05) is 27.9 Å². The van der Waals surface area contributed by atoms with Gasteiger partial charge >= 0.3 is 14.8 Å². The van der Waals surface area contributed by atoms with Gasteiger partial charge in [0.15, 0.2) is 0 Å². The first-order chi connectivity index (χ1) is 8.92. The number of hydrogen-bond acceptors (Lipinski definition) is 5. The zero-order valence-corrected chi connectivity index (χ0v) is 13.8. The van der Waals surface area contributed by atoms with Crippen LogP contribution >= 0.6 is 0 Å². The van der Waals surface area contributed by atoms with Crippen molar-refractivity contribution < 1.29 is 22.8 Å². The molecule has 0 aliphatic carbocycles. The number of rotatable bonds is 8. The van der Waals surface area contributed by atoms with Crippen molar-refractivity contribution >= 4 is 14.8 Å². The van der Waals surface area contributed by atoms with Crippen LogP contribution in [0.5, 0.6) is 0 Å². The third-order valence-electron chi connectivity index (χ3n) is 2.34. The third kappa shape index (κ3) is 9.83. The number of unbranched alkanes of at least 4 members (excludes halogenated alkanes) is 1. The van der Waals surface area contributed by atoms with Gasteiger partial charge in [0.2, 0.25) is 0 Å². The number of ether oxygens (including phenoxy) is 1. The minimum Gasteiger partial charge on any atom is -0.462 e. The predicted octanol–water partition coefficient (Wildman–Crippen LogP) is 2.60. The Morgan fingerprint density at radius 2 is 1.63 bits per heavy atom. The molecule has 0 heterocycles. The van der Waals surface area contributed by atoms with Crippen molar-refractivity contribution in [2.24, 2.45) is 0 Å². The summed E-state index contributed by atoms with van der Waals surface area (Å²) in [5.41, 5.74) is 0.448. The summed E-state index contributed by atoms with van der Waals surface area (Å²) >= 11 is 0. The van der Waals surface area contributed by atoms with Crippen LogP contribution in [0, 0.1) is 6.92 Å². The highest BCUT2D eigenvalue weighted by molar-refractivity contribution is 6.60. The molecular weight excluding hydrogens is 264 g/mol. The summed E-state index contributed by atoms with van der Waals surface area (Å²) in [6, 6.07) is 0.816. The molecule has 0 aliphatic rings. The van der Waals surface area contributed by atoms with E-state index < -0.39 is 8.80 Å². The average Bonchev–Trinajstić information content (AvgIpc) is 2.43. The molecule has 0 atom stereocenters. The summed E-state index contributed by atoms with van der Waals surface area (Å²) in [5, 5.41) is 0. The summed E-state index contributed by atoms with van der Waals surface area (Å²) in [6.07, 6.45) is 1.61. The fourth-order valence-corrected chi connectivity index (χ4v) is 2.44. The number of esters is 1. The van der Waals surface area contributed by atoms with Crippen LogP contribution < -0.4 is 0 Å². The SMILES string of the molecule is CC[Si](OC)(OC)OC.[CH2]CCCOC(=O)C(=C)C. The van der Waals surface area contributed by atoms with E-state index in [1.54, 1.807) is 28.3 Å². The Morgan fingerprint density at radius 1 is 1.16 bits per heavy atom. The Hall–Kier alpha value is -0.693. The number of carbonyl (C=O) groups excluding carboxylic acids is 1. The van der Waals surface area contributed by atoms with Gasteiger partial charge in [-0.1, -0.05) is 26.8 Å². The molecule has 0 aromatic heterocycles. The fourth-order valence-electron chi connectivity index (χ4n) is 1.07. The molecule has 0 N–H and O–H groups in total. The van der Waals surface area contributed by atoms with E-state index in [9.17, 15) is 4.79 Å². The standard InChI is InChI=1S/C8H13O2.C5H14O3Si/c1-4-5-6-10-8(9)7(2)3;1-5-9(6-2,7-3)8-4/h1-2,4-6H2,3H3;5H2,1-4H3. The second kappa shape index (κ2) is 12.3. The minimum absolute atomic E-state index is 0.312. The van der Waals surface area contributed by atoms with Crippen LogP contribution in [0.25, 0.3) is 0 Å². The molecule has 0 saturated carbocycles. The van der Waals surface area contributed by atoms with E-state index in [1.807, 2.05) is 6.92 Å². The van der Waals surface area contributed by atoms with Crippen molar-refractivity contribution in [3.8, 4) is 0 Å². The highest BCUT2D eigenvalue weighted by Crippen LogP contribution is 2.10. The summed E-state index contributed by atoms with van der Waals surface area (Å²) in [4.78, 5) is 10.7. The van der Waals surface area contributed by atoms with Crippen LogP contribution in [0.15, 0.2) is 12.2 Å². The molecule has 0 unspecified atom stereocenters. The zero-order valence-electron chi connectivity index (χ0n) is 12.8. The van der Waals surface area contributed by atoms with E-state index in [4.69, 9.17) is 18.0 Å². The van der Waals surface area contributed by atoms with Crippen LogP contribution in [0.4, 0.5) is 0 Å². The van der Waals surface area contributed by atoms with Crippen LogP contribution in [0.2, 0.25) is 6.04 Å². The van der Waals surface area contributed by atoms with Crippen LogP contribution in [-0.2, 0) is 22.8 Å². The molecule has 0 bridgehead atoms. The van der Waals surface area contributed by atoms with Crippen molar-refractivity contribution in [3.05, 3.63) is 19.1 Å². The van der Waals surface area contributed by atoms with Crippen molar-refractivity contribution in [2.45, 2.75) is 32.7 Å². The number of hydrogen-bond donors (Lipinski definition) is 0. The second-order valence-electron chi connectivity index (χ2n) is 3.77. The van der Waals surface area contributed by atoms with E-state index in [1.165, 1.54) is 0 Å². The Bertz CT molecular complexity index is 234. The quantitative estimate of drug-likeness (QED) is 0.298. The maximum atomic E-state index is 10.7. The first kappa shape index (κ1) is 20.6. The summed E-state index contributed by atoms with van der Waals surface area (Å²) in [7, 11) is 2.65. The lowest BCUT2D eigenvalue weighted by Crippen LogP contribution is -2.41. The largest absolute Gasteiger partial charge is 0.499 e. The minimum atomic E-state index is -2.19. The molecule has 0 rings (SSSR count). The Kier molecular flexibility index (Phi) is 13.4. The molecule has 0 amide bonds. The van der Waals surface area contributed by atoms with Gasteiger partial charge < -0.3 is 18.0 Å². The van der Waals surface area contributed by atoms with Gasteiger partial charge in [-0.05, 0) is 13.3 Å². The first-order valence-electron chi connectivity index (χ1n) is 6.20. The highest BCUT2D eigenvalue weighted by Gasteiger charge is 2.34. The van der Waals surface area contributed by atoms with Crippen LogP contribution in [0.3, 0.4) is 0 Å². The summed E-state index contributed by atoms with van der Waals surface area (Å²) in [5.74, 6) is -0.312. The van der Waals surface area contributed by atoms with E-state index in [-0.39, 0.29) is 5.97 Å². The summed E-state index contributed by atoms with van der Waals surface area (Å²) in [6.45, 7) is 11.1. The lowest BCUT2D eigenvalue weighted by molar-refractivity contribution is -0.139. The lowest BCUT2D eigenvalue weighted by atomic mass is 10.3. The molecule has 6 heteroatoms. The van der Waals surface area contributed by atoms with Gasteiger partial charge in [-0.15, -0.1) is 0 Å². The van der Waals surface area contributed by atoms with Gasteiger partial charge in [0.1, 0.15) is 0 Å². The molecular formula is C13H27O5Si. The fraction of sp³-hybridized carbons (Fsp3) is 0.692. The molecule has 0 aliphatic heterocycles. The molecule has 0 aromatic rings. The molecule has 113 valence electrons. The van der Waals surface area contributed by atoms with E-state index in [0.717, 1.165) is 18.9 Å². The zero-order chi connectivity index (χ0) is 15.3. The maximum absolute atomic E-state index is 10.7. The highest BCUT2D eigenvalue weighted by atomic mass is 28.4. The van der Waals surface area contributed by atoms with Gasteiger partial charge in [0.25, 0.3) is 0 Å². The molecule has 0 aromatic carbocycles. The first-order valence-corrected chi connectivity index (χ1v) is 8.13. The maximum Gasteiger partial charge on any atom is 0.499 e. The summed E-state index contributed by atoms with van der Waals surface area (Å²) < 4.78 is 20.0. The van der Waals surface area contributed by atoms with Gasteiger partial charge in [0.05, 0.1) is 6.61 Å². The predicted molar refractivity (Wildman–Crippen MR) is 77.6 cm³/mol.